The maximum Gasteiger partial charge on any atom is 0.257 e. The Hall–Kier alpha value is -2.30. The molecule has 3 aromatic carbocycles. The molecule has 26 heavy (non-hydrogen) atoms. The minimum absolute atomic E-state index is 0.227. The van der Waals surface area contributed by atoms with Gasteiger partial charge in [0.1, 0.15) is 0 Å². The number of hydrogen-bond donors (Lipinski definition) is 1. The molecule has 0 bridgehead atoms. The number of hydrogen-bond acceptors (Lipinski definition) is 1. The second-order valence-electron chi connectivity index (χ2n) is 6.07. The van der Waals surface area contributed by atoms with E-state index >= 15 is 0 Å². The van der Waals surface area contributed by atoms with Gasteiger partial charge in [0, 0.05) is 38.5 Å². The highest BCUT2D eigenvalue weighted by atomic mass is 79.9. The molecular weight excluding hydrogens is 412 g/mol. The molecule has 0 aliphatic carbocycles. The van der Waals surface area contributed by atoms with Gasteiger partial charge < -0.3 is 9.88 Å². The van der Waals surface area contributed by atoms with Crippen LogP contribution in [0.15, 0.2) is 65.1 Å². The van der Waals surface area contributed by atoms with Gasteiger partial charge in [-0.2, -0.15) is 0 Å². The van der Waals surface area contributed by atoms with Gasteiger partial charge in [0.15, 0.2) is 0 Å². The second kappa shape index (κ2) is 6.78. The number of aryl methyl sites for hydroxylation is 1. The molecule has 0 radical (unpaired) electrons. The van der Waals surface area contributed by atoms with E-state index in [1.54, 1.807) is 12.1 Å². The van der Waals surface area contributed by atoms with Crippen LogP contribution in [0.3, 0.4) is 0 Å². The number of carbonyl (C=O) groups is 1. The molecule has 0 fully saturated rings. The third-order valence-corrected chi connectivity index (χ3v) is 5.34. The number of rotatable bonds is 3. The first-order valence-corrected chi connectivity index (χ1v) is 9.53. The van der Waals surface area contributed by atoms with E-state index in [2.05, 4.69) is 50.9 Å². The summed E-state index contributed by atoms with van der Waals surface area (Å²) in [7, 11) is 0. The number of amides is 1. The van der Waals surface area contributed by atoms with E-state index in [-0.39, 0.29) is 5.91 Å². The monoisotopic (exact) mass is 426 g/mol. The van der Waals surface area contributed by atoms with Crippen LogP contribution in [0.5, 0.6) is 0 Å². The van der Waals surface area contributed by atoms with E-state index in [0.29, 0.717) is 10.6 Å². The lowest BCUT2D eigenvalue weighted by atomic mass is 10.1. The molecule has 0 aliphatic rings. The minimum Gasteiger partial charge on any atom is -0.341 e. The highest BCUT2D eigenvalue weighted by Crippen LogP contribution is 2.31. The van der Waals surface area contributed by atoms with Gasteiger partial charge in [0.05, 0.1) is 10.6 Å². The van der Waals surface area contributed by atoms with E-state index in [9.17, 15) is 4.79 Å². The summed E-state index contributed by atoms with van der Waals surface area (Å²) in [4.78, 5) is 12.6. The van der Waals surface area contributed by atoms with Crippen molar-refractivity contribution in [1.82, 2.24) is 4.57 Å². The largest absolute Gasteiger partial charge is 0.341 e. The van der Waals surface area contributed by atoms with E-state index < -0.39 is 0 Å². The Labute approximate surface area is 164 Å². The van der Waals surface area contributed by atoms with E-state index in [1.165, 1.54) is 10.9 Å². The highest BCUT2D eigenvalue weighted by Gasteiger charge is 2.13. The molecule has 0 saturated carbocycles. The molecule has 5 heteroatoms. The number of aromatic nitrogens is 1. The first kappa shape index (κ1) is 17.1. The van der Waals surface area contributed by atoms with Crippen molar-refractivity contribution in [3.05, 3.63) is 75.7 Å². The predicted molar refractivity (Wildman–Crippen MR) is 112 cm³/mol. The van der Waals surface area contributed by atoms with E-state index in [4.69, 9.17) is 11.6 Å². The van der Waals surface area contributed by atoms with Crippen molar-refractivity contribution in [1.29, 1.82) is 0 Å². The molecule has 4 rings (SSSR count). The summed E-state index contributed by atoms with van der Waals surface area (Å²) in [5, 5.41) is 5.69. The summed E-state index contributed by atoms with van der Waals surface area (Å²) in [6.45, 7) is 3.03. The van der Waals surface area contributed by atoms with Crippen molar-refractivity contribution in [3.63, 3.8) is 0 Å². The van der Waals surface area contributed by atoms with Gasteiger partial charge in [-0.3, -0.25) is 4.79 Å². The molecule has 0 aliphatic heterocycles. The van der Waals surface area contributed by atoms with Gasteiger partial charge in [-0.25, -0.2) is 0 Å². The Kier molecular flexibility index (Phi) is 4.47. The van der Waals surface area contributed by atoms with Crippen LogP contribution in [0.25, 0.3) is 21.8 Å². The summed E-state index contributed by atoms with van der Waals surface area (Å²) in [5.41, 5.74) is 3.55. The van der Waals surface area contributed by atoms with Crippen LogP contribution in [0.4, 0.5) is 5.69 Å². The third-order valence-electron chi connectivity index (χ3n) is 4.52. The van der Waals surface area contributed by atoms with Crippen LogP contribution in [0.1, 0.15) is 17.3 Å². The number of halogens is 2. The number of benzene rings is 3. The highest BCUT2D eigenvalue weighted by molar-refractivity contribution is 9.10. The molecule has 1 heterocycles. The zero-order valence-corrected chi connectivity index (χ0v) is 16.4. The number of nitrogens with zero attached hydrogens (tertiary/aromatic N) is 1. The molecular formula is C21H16BrClN2O. The van der Waals surface area contributed by atoms with Crippen LogP contribution >= 0.6 is 27.5 Å². The average Bonchev–Trinajstić information content (AvgIpc) is 2.97. The van der Waals surface area contributed by atoms with Crippen LogP contribution in [0.2, 0.25) is 5.02 Å². The SMILES string of the molecule is CCn1c2ccccc2c2cc(NC(=O)c3cc(Br)ccc3Cl)ccc21. The Morgan fingerprint density at radius 1 is 1.04 bits per heavy atom. The number of para-hydroxylation sites is 1. The molecule has 1 N–H and O–H groups in total. The van der Waals surface area contributed by atoms with Crippen molar-refractivity contribution in [2.45, 2.75) is 13.5 Å². The first-order chi connectivity index (χ1) is 12.6. The average molecular weight is 428 g/mol. The van der Waals surface area contributed by atoms with Crippen LogP contribution in [-0.2, 0) is 6.54 Å². The van der Waals surface area contributed by atoms with Crippen LogP contribution < -0.4 is 5.32 Å². The normalized spacial score (nSPS) is 11.2. The summed E-state index contributed by atoms with van der Waals surface area (Å²) in [6.07, 6.45) is 0. The lowest BCUT2D eigenvalue weighted by Crippen LogP contribution is -2.12. The van der Waals surface area contributed by atoms with Crippen molar-refractivity contribution in [2.75, 3.05) is 5.32 Å². The summed E-state index contributed by atoms with van der Waals surface area (Å²) >= 11 is 9.55. The molecule has 130 valence electrons. The summed E-state index contributed by atoms with van der Waals surface area (Å²) in [6, 6.07) is 19.6. The quantitative estimate of drug-likeness (QED) is 0.399. The fourth-order valence-electron chi connectivity index (χ4n) is 3.34. The number of fused-ring (bicyclic) bond motifs is 3. The van der Waals surface area contributed by atoms with Gasteiger partial charge in [-0.15, -0.1) is 0 Å². The Morgan fingerprint density at radius 2 is 1.81 bits per heavy atom. The Morgan fingerprint density at radius 3 is 2.62 bits per heavy atom. The zero-order chi connectivity index (χ0) is 18.3. The zero-order valence-electron chi connectivity index (χ0n) is 14.1. The molecule has 0 unspecified atom stereocenters. The molecule has 0 spiro atoms. The van der Waals surface area contributed by atoms with E-state index in [0.717, 1.165) is 27.6 Å². The van der Waals surface area contributed by atoms with Crippen LogP contribution in [-0.4, -0.2) is 10.5 Å². The minimum atomic E-state index is -0.227. The Bertz CT molecular complexity index is 1150. The summed E-state index contributed by atoms with van der Waals surface area (Å²) < 4.78 is 3.09. The van der Waals surface area contributed by atoms with Crippen molar-refractivity contribution in [2.24, 2.45) is 0 Å². The second-order valence-corrected chi connectivity index (χ2v) is 7.39. The molecule has 4 aromatic rings. The fraction of sp³-hybridized carbons (Fsp3) is 0.0952. The van der Waals surface area contributed by atoms with Crippen molar-refractivity contribution in [3.8, 4) is 0 Å². The van der Waals surface area contributed by atoms with Gasteiger partial charge in [0.25, 0.3) is 5.91 Å². The maximum atomic E-state index is 12.6. The third kappa shape index (κ3) is 2.89. The standard InChI is InChI=1S/C21H16BrClN2O/c1-2-25-19-6-4-3-5-15(19)16-12-14(8-10-20(16)25)24-21(26)17-11-13(22)7-9-18(17)23/h3-12H,2H2,1H3,(H,24,26). The topological polar surface area (TPSA) is 34.0 Å². The maximum absolute atomic E-state index is 12.6. The molecule has 0 atom stereocenters. The lowest BCUT2D eigenvalue weighted by Gasteiger charge is -2.08. The Balaban J connectivity index is 1.77. The molecule has 3 nitrogen and oxygen atoms in total. The molecule has 0 saturated heterocycles. The van der Waals surface area contributed by atoms with Crippen molar-refractivity contribution >= 4 is 60.9 Å². The summed E-state index contributed by atoms with van der Waals surface area (Å²) in [5.74, 6) is -0.227. The van der Waals surface area contributed by atoms with Gasteiger partial charge in [0.2, 0.25) is 0 Å². The van der Waals surface area contributed by atoms with Gasteiger partial charge >= 0.3 is 0 Å². The van der Waals surface area contributed by atoms with Gasteiger partial charge in [-0.05, 0) is 49.4 Å². The number of carbonyl (C=O) groups excluding carboxylic acids is 1. The van der Waals surface area contributed by atoms with E-state index in [1.807, 2.05) is 30.3 Å². The fourth-order valence-corrected chi connectivity index (χ4v) is 3.91. The number of anilines is 1. The molecule has 1 amide bonds. The smallest absolute Gasteiger partial charge is 0.257 e. The van der Waals surface area contributed by atoms with Crippen LogP contribution in [0, 0.1) is 0 Å². The lowest BCUT2D eigenvalue weighted by molar-refractivity contribution is 0.102. The first-order valence-electron chi connectivity index (χ1n) is 8.36. The number of nitrogens with one attached hydrogen (secondary N) is 1. The van der Waals surface area contributed by atoms with Gasteiger partial charge in [-0.1, -0.05) is 45.7 Å². The predicted octanol–water partition coefficient (Wildman–Crippen LogP) is 6.48. The molecule has 1 aromatic heterocycles. The van der Waals surface area contributed by atoms with Crippen molar-refractivity contribution < 1.29 is 4.79 Å².